The van der Waals surface area contributed by atoms with Crippen molar-refractivity contribution in [3.8, 4) is 0 Å². The molecule has 0 aliphatic heterocycles. The van der Waals surface area contributed by atoms with Gasteiger partial charge in [-0.25, -0.2) is 0 Å². The van der Waals surface area contributed by atoms with Crippen LogP contribution in [0.4, 0.5) is 0 Å². The van der Waals surface area contributed by atoms with E-state index in [1.54, 1.807) is 0 Å². The second-order valence-corrected chi connectivity index (χ2v) is 5.35. The monoisotopic (exact) mass is 255 g/mol. The van der Waals surface area contributed by atoms with Crippen LogP contribution in [0, 0.1) is 11.8 Å². The van der Waals surface area contributed by atoms with Gasteiger partial charge in [-0.3, -0.25) is 4.99 Å². The van der Waals surface area contributed by atoms with E-state index >= 15 is 0 Å². The minimum Gasteiger partial charge on any atom is -0.396 e. The lowest BCUT2D eigenvalue weighted by molar-refractivity contribution is 0.253. The van der Waals surface area contributed by atoms with E-state index in [1.807, 2.05) is 0 Å². The molecule has 3 atom stereocenters. The third-order valence-electron chi connectivity index (χ3n) is 3.52. The Hall–Kier alpha value is -0.770. The predicted molar refractivity (Wildman–Crippen MR) is 76.8 cm³/mol. The molecule has 0 saturated heterocycles. The van der Waals surface area contributed by atoms with E-state index in [2.05, 4.69) is 36.4 Å². The van der Waals surface area contributed by atoms with E-state index in [9.17, 15) is 0 Å². The first-order valence-electron chi connectivity index (χ1n) is 7.36. The molecule has 0 spiro atoms. The number of guanidine groups is 1. The summed E-state index contributed by atoms with van der Waals surface area (Å²) < 4.78 is 0. The molecule has 0 amide bonds. The van der Waals surface area contributed by atoms with Crippen LogP contribution in [-0.2, 0) is 0 Å². The van der Waals surface area contributed by atoms with Gasteiger partial charge in [0.2, 0.25) is 0 Å². The second-order valence-electron chi connectivity index (χ2n) is 5.35. The molecule has 4 heteroatoms. The number of aliphatic hydroxyl groups is 1. The average molecular weight is 255 g/mol. The molecule has 106 valence electrons. The Morgan fingerprint density at radius 1 is 1.39 bits per heavy atom. The van der Waals surface area contributed by atoms with Crippen LogP contribution in [-0.4, -0.2) is 36.8 Å². The van der Waals surface area contributed by atoms with Crippen LogP contribution in [0.3, 0.4) is 0 Å². The number of hydrogen-bond donors (Lipinski definition) is 3. The molecule has 0 aromatic carbocycles. The van der Waals surface area contributed by atoms with Gasteiger partial charge in [0.15, 0.2) is 5.96 Å². The second kappa shape index (κ2) is 8.35. The van der Waals surface area contributed by atoms with Crippen LogP contribution in [0.1, 0.15) is 46.5 Å². The molecule has 1 fully saturated rings. The van der Waals surface area contributed by atoms with E-state index in [4.69, 9.17) is 5.11 Å². The fraction of sp³-hybridized carbons (Fsp3) is 0.929. The van der Waals surface area contributed by atoms with Gasteiger partial charge in [0.25, 0.3) is 0 Å². The maximum atomic E-state index is 9.04. The van der Waals surface area contributed by atoms with Gasteiger partial charge in [-0.2, -0.15) is 0 Å². The number of rotatable bonds is 8. The summed E-state index contributed by atoms with van der Waals surface area (Å²) in [4.78, 5) is 4.65. The molecule has 1 rings (SSSR count). The number of aliphatic hydroxyl groups excluding tert-OH is 1. The van der Waals surface area contributed by atoms with Crippen molar-refractivity contribution in [2.24, 2.45) is 16.8 Å². The summed E-state index contributed by atoms with van der Waals surface area (Å²) in [6.45, 7) is 8.50. The molecule has 1 saturated carbocycles. The average Bonchev–Trinajstić information content (AvgIpc) is 3.02. The molecule has 1 aliphatic carbocycles. The molecule has 0 radical (unpaired) electrons. The number of hydrogen-bond acceptors (Lipinski definition) is 2. The van der Waals surface area contributed by atoms with E-state index < -0.39 is 0 Å². The van der Waals surface area contributed by atoms with Crippen LogP contribution in [0.25, 0.3) is 0 Å². The Morgan fingerprint density at radius 3 is 2.61 bits per heavy atom. The minimum atomic E-state index is 0.268. The zero-order valence-electron chi connectivity index (χ0n) is 12.1. The van der Waals surface area contributed by atoms with Gasteiger partial charge in [0, 0.05) is 25.7 Å². The van der Waals surface area contributed by atoms with Crippen LogP contribution >= 0.6 is 0 Å². The van der Waals surface area contributed by atoms with Gasteiger partial charge >= 0.3 is 0 Å². The Bertz CT molecular complexity index is 249. The van der Waals surface area contributed by atoms with Gasteiger partial charge in [0.05, 0.1) is 0 Å². The largest absolute Gasteiger partial charge is 0.396 e. The zero-order chi connectivity index (χ0) is 13.4. The van der Waals surface area contributed by atoms with Crippen LogP contribution in [0.2, 0.25) is 0 Å². The summed E-state index contributed by atoms with van der Waals surface area (Å²) in [6.07, 6.45) is 4.41. The summed E-state index contributed by atoms with van der Waals surface area (Å²) in [6, 6.07) is 0.602. The predicted octanol–water partition coefficient (Wildman–Crippen LogP) is 1.75. The highest BCUT2D eigenvalue weighted by molar-refractivity contribution is 5.80. The summed E-state index contributed by atoms with van der Waals surface area (Å²) in [7, 11) is 0. The van der Waals surface area contributed by atoms with E-state index in [0.29, 0.717) is 12.0 Å². The van der Waals surface area contributed by atoms with Crippen molar-refractivity contribution in [2.75, 3.05) is 19.7 Å². The maximum Gasteiger partial charge on any atom is 0.191 e. The van der Waals surface area contributed by atoms with Gasteiger partial charge < -0.3 is 15.7 Å². The molecule has 1 aliphatic rings. The van der Waals surface area contributed by atoms with E-state index in [1.165, 1.54) is 6.42 Å². The van der Waals surface area contributed by atoms with E-state index in [0.717, 1.165) is 44.2 Å². The molecule has 0 heterocycles. The quantitative estimate of drug-likeness (QED) is 0.457. The first-order valence-corrected chi connectivity index (χ1v) is 7.36. The van der Waals surface area contributed by atoms with Crippen molar-refractivity contribution in [3.63, 3.8) is 0 Å². The van der Waals surface area contributed by atoms with Crippen LogP contribution < -0.4 is 10.6 Å². The molecule has 0 aromatic rings. The lowest BCUT2D eigenvalue weighted by Crippen LogP contribution is -2.39. The van der Waals surface area contributed by atoms with Crippen molar-refractivity contribution in [1.82, 2.24) is 10.6 Å². The highest BCUT2D eigenvalue weighted by Gasteiger charge is 2.33. The summed E-state index contributed by atoms with van der Waals surface area (Å²) in [5.74, 6) is 2.22. The third kappa shape index (κ3) is 5.71. The highest BCUT2D eigenvalue weighted by Crippen LogP contribution is 2.28. The topological polar surface area (TPSA) is 56.7 Å². The molecule has 18 heavy (non-hydrogen) atoms. The molecule has 0 aromatic heterocycles. The van der Waals surface area contributed by atoms with Gasteiger partial charge in [-0.1, -0.05) is 20.3 Å². The van der Waals surface area contributed by atoms with Crippen molar-refractivity contribution in [2.45, 2.75) is 52.5 Å². The maximum absolute atomic E-state index is 9.04. The Balaban J connectivity index is 2.40. The third-order valence-corrected chi connectivity index (χ3v) is 3.52. The summed E-state index contributed by atoms with van der Waals surface area (Å²) in [5, 5.41) is 15.8. The zero-order valence-corrected chi connectivity index (χ0v) is 12.1. The van der Waals surface area contributed by atoms with Gasteiger partial charge in [-0.05, 0) is 38.0 Å². The molecule has 4 nitrogen and oxygen atoms in total. The van der Waals surface area contributed by atoms with Crippen molar-refractivity contribution >= 4 is 5.96 Å². The lowest BCUT2D eigenvalue weighted by Gasteiger charge is -2.15. The smallest absolute Gasteiger partial charge is 0.191 e. The van der Waals surface area contributed by atoms with Gasteiger partial charge in [0.1, 0.15) is 0 Å². The Labute approximate surface area is 111 Å². The number of nitrogens with one attached hydrogen (secondary N) is 2. The van der Waals surface area contributed by atoms with Crippen molar-refractivity contribution in [1.29, 1.82) is 0 Å². The van der Waals surface area contributed by atoms with Crippen LogP contribution in [0.15, 0.2) is 4.99 Å². The first-order chi connectivity index (χ1) is 8.71. The molecule has 0 bridgehead atoms. The standard InChI is InChI=1S/C14H29N3O/c1-4-6-12(7-8-18)10-16-14(15-5-2)17-13-9-11(13)3/h11-13,18H,4-10H2,1-3H3,(H2,15,16,17). The summed E-state index contributed by atoms with van der Waals surface area (Å²) in [5.41, 5.74) is 0. The van der Waals surface area contributed by atoms with Crippen LogP contribution in [0.5, 0.6) is 0 Å². The molecule has 3 unspecified atom stereocenters. The number of aliphatic imine (C=N–C) groups is 1. The normalized spacial score (nSPS) is 24.8. The Morgan fingerprint density at radius 2 is 2.11 bits per heavy atom. The van der Waals surface area contributed by atoms with Crippen molar-refractivity contribution < 1.29 is 5.11 Å². The lowest BCUT2D eigenvalue weighted by atomic mass is 10.0. The molecular formula is C14H29N3O. The fourth-order valence-corrected chi connectivity index (χ4v) is 2.16. The highest BCUT2D eigenvalue weighted by atomic mass is 16.3. The number of nitrogens with zero attached hydrogens (tertiary/aromatic N) is 1. The Kier molecular flexibility index (Phi) is 7.09. The van der Waals surface area contributed by atoms with Gasteiger partial charge in [-0.15, -0.1) is 0 Å². The first kappa shape index (κ1) is 15.3. The SMILES string of the molecule is CCCC(CCO)CN=C(NCC)NC1CC1C. The fourth-order valence-electron chi connectivity index (χ4n) is 2.16. The summed E-state index contributed by atoms with van der Waals surface area (Å²) >= 11 is 0. The van der Waals surface area contributed by atoms with Crippen molar-refractivity contribution in [3.05, 3.63) is 0 Å². The minimum absolute atomic E-state index is 0.268. The molecule has 3 N–H and O–H groups in total. The molecular weight excluding hydrogens is 226 g/mol. The van der Waals surface area contributed by atoms with E-state index in [-0.39, 0.29) is 6.61 Å².